The van der Waals surface area contributed by atoms with E-state index in [2.05, 4.69) is 9.69 Å². The van der Waals surface area contributed by atoms with Gasteiger partial charge in [-0.1, -0.05) is 0 Å². The fourth-order valence-corrected chi connectivity index (χ4v) is 0. The molecule has 0 fully saturated rings. The van der Waals surface area contributed by atoms with Gasteiger partial charge in [0.05, 0.1) is 0 Å². The molecule has 0 saturated heterocycles. The van der Waals surface area contributed by atoms with Crippen molar-refractivity contribution in [3.05, 3.63) is 14.9 Å². The Morgan fingerprint density at radius 3 is 0.833 bits per heavy atom. The Morgan fingerprint density at radius 2 is 0.833 bits per heavy atom. The molecule has 0 amide bonds. The molecular weight excluding hydrogens is 224 g/mol. The first-order valence-electron chi connectivity index (χ1n) is 0.126. The Hall–Kier alpha value is 1.77. The van der Waals surface area contributed by atoms with Gasteiger partial charge in [0.2, 0.25) is 0 Å². The van der Waals surface area contributed by atoms with Gasteiger partial charge in [-0.05, 0) is 0 Å². The van der Waals surface area contributed by atoms with Crippen LogP contribution in [0.5, 0.6) is 0 Å². The third kappa shape index (κ3) is 41.8. The van der Waals surface area contributed by atoms with Crippen LogP contribution in [0.2, 0.25) is 0 Å². The summed E-state index contributed by atoms with van der Waals surface area (Å²) in [4.78, 5) is 0. The topological polar surface area (TPSA) is 0 Å². The molecule has 0 radical (unpaired) electrons. The fraction of sp³-hybridized carbons (Fsp3) is 0. The van der Waals surface area contributed by atoms with Gasteiger partial charge in [-0.25, -0.2) is 0 Å². The van der Waals surface area contributed by atoms with Crippen molar-refractivity contribution in [1.29, 1.82) is 0 Å². The summed E-state index contributed by atoms with van der Waals surface area (Å²) < 4.78 is 0. The molecule has 46 valence electrons. The predicted molar refractivity (Wildman–Crippen MR) is 40.9 cm³/mol. The average molecular weight is 236 g/mol. The van der Waals surface area contributed by atoms with E-state index in [0.29, 0.717) is 0 Å². The maximum absolute atomic E-state index is 4.53. The third-order valence-corrected chi connectivity index (χ3v) is 0. The van der Waals surface area contributed by atoms with Crippen LogP contribution in [0.3, 0.4) is 0 Å². The van der Waals surface area contributed by atoms with Crippen LogP contribution in [0, 0.1) is 14.9 Å². The molecular formula is C2H12ClP2Rh. The van der Waals surface area contributed by atoms with Gasteiger partial charge in [-0.15, -0.1) is 0 Å². The van der Waals surface area contributed by atoms with Gasteiger partial charge < -0.3 is 14.9 Å². The standard InChI is InChI=1S/2CH3.ClH.2H3P.Rh/h2*1H3;1H;2*1H3;/q2*-1;;;;+3/p-1. The van der Waals surface area contributed by atoms with Crippen molar-refractivity contribution >= 4 is 29.5 Å². The van der Waals surface area contributed by atoms with E-state index in [4.69, 9.17) is 0 Å². The molecule has 0 aliphatic rings. The van der Waals surface area contributed by atoms with E-state index in [1.807, 2.05) is 17.3 Å². The van der Waals surface area contributed by atoms with E-state index in [0.717, 1.165) is 0 Å². The van der Waals surface area contributed by atoms with Crippen LogP contribution in [-0.4, -0.2) is 0 Å². The zero-order valence-corrected chi connectivity index (χ0v) is 9.35. The summed E-state index contributed by atoms with van der Waals surface area (Å²) in [5, 5.41) is 0. The van der Waals surface area contributed by atoms with Crippen molar-refractivity contribution in [2.45, 2.75) is 0 Å². The zero-order chi connectivity index (χ0) is 2.00. The summed E-state index contributed by atoms with van der Waals surface area (Å²) >= 11 is 2.02. The molecule has 0 rings (SSSR count). The van der Waals surface area contributed by atoms with Crippen LogP contribution in [0.15, 0.2) is 0 Å². The second kappa shape index (κ2) is 71.8. The molecule has 0 heterocycles. The zero-order valence-electron chi connectivity index (χ0n) is 4.13. The van der Waals surface area contributed by atoms with Crippen LogP contribution in [0.4, 0.5) is 0 Å². The first-order chi connectivity index (χ1) is 1.00. The second-order valence-corrected chi connectivity index (χ2v) is 0. The van der Waals surface area contributed by atoms with E-state index in [9.17, 15) is 0 Å². The third-order valence-electron chi connectivity index (χ3n) is 0. The van der Waals surface area contributed by atoms with Crippen LogP contribution in [0.1, 0.15) is 0 Å². The minimum atomic E-state index is 0. The number of halogens is 1. The molecule has 0 nitrogen and oxygen atoms in total. The van der Waals surface area contributed by atoms with Crippen molar-refractivity contribution in [2.24, 2.45) is 0 Å². The Balaban J connectivity index is -0.000000000833. The van der Waals surface area contributed by atoms with Crippen LogP contribution in [0.25, 0.3) is 0 Å². The molecule has 0 aliphatic heterocycles. The van der Waals surface area contributed by atoms with Crippen LogP contribution < -0.4 is 0 Å². The summed E-state index contributed by atoms with van der Waals surface area (Å²) in [7, 11) is 4.53. The summed E-state index contributed by atoms with van der Waals surface area (Å²) in [5.41, 5.74) is 0. The van der Waals surface area contributed by atoms with Crippen molar-refractivity contribution in [2.75, 3.05) is 0 Å². The second-order valence-electron chi connectivity index (χ2n) is 0. The molecule has 2 unspecified atom stereocenters. The van der Waals surface area contributed by atoms with Crippen molar-refractivity contribution in [1.82, 2.24) is 0 Å². The van der Waals surface area contributed by atoms with Gasteiger partial charge in [0.15, 0.2) is 0 Å². The number of hydrogen-bond acceptors (Lipinski definition) is 0. The summed E-state index contributed by atoms with van der Waals surface area (Å²) in [6, 6.07) is 0. The molecule has 0 bridgehead atoms. The first-order valence-corrected chi connectivity index (χ1v) is 2.24. The fourth-order valence-electron chi connectivity index (χ4n) is 0. The van der Waals surface area contributed by atoms with Gasteiger partial charge in [0.1, 0.15) is 0 Å². The van der Waals surface area contributed by atoms with Crippen molar-refractivity contribution in [3.63, 3.8) is 0 Å². The molecule has 0 N–H and O–H groups in total. The molecule has 0 aromatic carbocycles. The van der Waals surface area contributed by atoms with Gasteiger partial charge in [0, 0.05) is 0 Å². The molecule has 2 atom stereocenters. The molecule has 0 spiro atoms. The van der Waals surface area contributed by atoms with Crippen molar-refractivity contribution in [3.8, 4) is 0 Å². The molecule has 0 saturated carbocycles. The maximum atomic E-state index is 4.53. The summed E-state index contributed by atoms with van der Waals surface area (Å²) in [6.07, 6.45) is 0. The van der Waals surface area contributed by atoms with E-state index in [1.54, 1.807) is 0 Å². The SMILES string of the molecule is P.P.[CH3-].[CH3-].[Cl][Rh+2]. The molecule has 6 heavy (non-hydrogen) atoms. The van der Waals surface area contributed by atoms with Crippen molar-refractivity contribution < 1.29 is 17.3 Å². The average Bonchev–Trinajstić information content (AvgIpc) is 1.00. The van der Waals surface area contributed by atoms with Gasteiger partial charge in [-0.2, -0.15) is 19.8 Å². The van der Waals surface area contributed by atoms with Crippen LogP contribution >= 0.6 is 29.5 Å². The molecule has 4 heteroatoms. The van der Waals surface area contributed by atoms with Crippen LogP contribution in [-0.2, 0) is 17.3 Å². The predicted octanol–water partition coefficient (Wildman–Crippen LogP) is 1.70. The van der Waals surface area contributed by atoms with E-state index < -0.39 is 0 Å². The first kappa shape index (κ1) is 46.4. The van der Waals surface area contributed by atoms with Gasteiger partial charge in [-0.3, -0.25) is 0 Å². The van der Waals surface area contributed by atoms with E-state index >= 15 is 0 Å². The number of rotatable bonds is 0. The Morgan fingerprint density at radius 1 is 0.833 bits per heavy atom. The normalized spacial score (nSPS) is 1.00. The Bertz CT molecular complexity index is 11.5. The Kier molecular flexibility index (Phi) is 555. The molecule has 0 aliphatic carbocycles. The minimum absolute atomic E-state index is 0. The number of hydrogen-bond donors (Lipinski definition) is 0. The molecule has 0 aromatic rings. The van der Waals surface area contributed by atoms with E-state index in [1.165, 1.54) is 0 Å². The summed E-state index contributed by atoms with van der Waals surface area (Å²) in [5.74, 6) is 0. The summed E-state index contributed by atoms with van der Waals surface area (Å²) in [6.45, 7) is 0. The Labute approximate surface area is 61.8 Å². The van der Waals surface area contributed by atoms with Gasteiger partial charge in [0.25, 0.3) is 0 Å². The quantitative estimate of drug-likeness (QED) is 0.341. The monoisotopic (exact) mass is 236 g/mol. The van der Waals surface area contributed by atoms with E-state index in [-0.39, 0.29) is 34.7 Å². The van der Waals surface area contributed by atoms with Gasteiger partial charge >= 0.3 is 27.0 Å². The molecule has 0 aromatic heterocycles.